The van der Waals surface area contributed by atoms with Crippen LogP contribution in [0.5, 0.6) is 0 Å². The molecule has 0 spiro atoms. The highest BCUT2D eigenvalue weighted by atomic mass is 19.4. The second-order valence-corrected chi connectivity index (χ2v) is 6.87. The second-order valence-electron chi connectivity index (χ2n) is 6.87. The molecule has 1 N–H and O–H groups in total. The van der Waals surface area contributed by atoms with E-state index in [4.69, 9.17) is 0 Å². The maximum Gasteiger partial charge on any atom is 0.416 e. The summed E-state index contributed by atoms with van der Waals surface area (Å²) in [6.07, 6.45) is 1.74. The molecule has 0 fully saturated rings. The van der Waals surface area contributed by atoms with Crippen LogP contribution in [0.25, 0.3) is 0 Å². The van der Waals surface area contributed by atoms with Crippen LogP contribution in [0.1, 0.15) is 47.6 Å². The molecule has 2 aliphatic rings. The van der Waals surface area contributed by atoms with Gasteiger partial charge in [-0.05, 0) is 53.6 Å². The lowest BCUT2D eigenvalue weighted by molar-refractivity contribution is -0.137. The molecule has 4 rings (SSSR count). The van der Waals surface area contributed by atoms with E-state index >= 15 is 0 Å². The fraction of sp³-hybridized carbons (Fsp3) is 0.333. The van der Waals surface area contributed by atoms with Crippen LogP contribution in [0.15, 0.2) is 54.6 Å². The van der Waals surface area contributed by atoms with Crippen LogP contribution in [0.4, 0.5) is 18.9 Å². The van der Waals surface area contributed by atoms with Crippen molar-refractivity contribution in [1.29, 1.82) is 0 Å². The van der Waals surface area contributed by atoms with Crippen molar-refractivity contribution in [2.75, 3.05) is 5.32 Å². The SMILES string of the molecule is CCc1ccc([C@@H]2Nc3ccc(C(F)(F)F)cc3[C@H]3C=CC[C@@H]32)cc1. The van der Waals surface area contributed by atoms with E-state index in [9.17, 15) is 13.2 Å². The zero-order chi connectivity index (χ0) is 17.6. The maximum atomic E-state index is 13.1. The van der Waals surface area contributed by atoms with Crippen LogP contribution in [0.2, 0.25) is 0 Å². The Bertz CT molecular complexity index is 805. The third-order valence-electron chi connectivity index (χ3n) is 5.44. The van der Waals surface area contributed by atoms with Crippen molar-refractivity contribution in [2.24, 2.45) is 5.92 Å². The van der Waals surface area contributed by atoms with Crippen molar-refractivity contribution in [3.63, 3.8) is 0 Å². The monoisotopic (exact) mass is 343 g/mol. The number of anilines is 1. The molecule has 1 nitrogen and oxygen atoms in total. The molecule has 3 atom stereocenters. The van der Waals surface area contributed by atoms with Crippen molar-refractivity contribution in [2.45, 2.75) is 37.9 Å². The molecule has 130 valence electrons. The van der Waals surface area contributed by atoms with Crippen molar-refractivity contribution in [1.82, 2.24) is 0 Å². The first-order chi connectivity index (χ1) is 12.0. The summed E-state index contributed by atoms with van der Waals surface area (Å²) in [5, 5.41) is 3.49. The predicted octanol–water partition coefficient (Wildman–Crippen LogP) is 6.09. The van der Waals surface area contributed by atoms with Gasteiger partial charge in [0.2, 0.25) is 0 Å². The van der Waals surface area contributed by atoms with Crippen LogP contribution in [-0.2, 0) is 12.6 Å². The van der Waals surface area contributed by atoms with Crippen molar-refractivity contribution >= 4 is 5.69 Å². The zero-order valence-electron chi connectivity index (χ0n) is 14.0. The third-order valence-corrected chi connectivity index (χ3v) is 5.44. The summed E-state index contributed by atoms with van der Waals surface area (Å²) < 4.78 is 39.2. The molecule has 2 aromatic carbocycles. The number of alkyl halides is 3. The molecule has 0 radical (unpaired) electrons. The molecular weight excluding hydrogens is 323 g/mol. The van der Waals surface area contributed by atoms with Gasteiger partial charge < -0.3 is 5.32 Å². The van der Waals surface area contributed by atoms with Gasteiger partial charge >= 0.3 is 6.18 Å². The first kappa shape index (κ1) is 16.2. The number of hydrogen-bond donors (Lipinski definition) is 1. The molecule has 1 aliphatic carbocycles. The summed E-state index contributed by atoms with van der Waals surface area (Å²) in [5.41, 5.74) is 3.48. The van der Waals surface area contributed by atoms with Gasteiger partial charge in [0.05, 0.1) is 11.6 Å². The van der Waals surface area contributed by atoms with E-state index in [1.54, 1.807) is 6.07 Å². The standard InChI is InChI=1S/C21H20F3N/c1-2-13-6-8-14(9-7-13)20-17-5-3-4-16(17)18-12-15(21(22,23)24)10-11-19(18)25-20/h3-4,6-12,16-17,20,25H,2,5H2,1H3/t16-,17-,20-/m0/s1. The van der Waals surface area contributed by atoms with Crippen LogP contribution in [-0.4, -0.2) is 0 Å². The lowest BCUT2D eigenvalue weighted by Gasteiger charge is -2.38. The summed E-state index contributed by atoms with van der Waals surface area (Å²) in [4.78, 5) is 0. The Labute approximate surface area is 145 Å². The summed E-state index contributed by atoms with van der Waals surface area (Å²) in [5.74, 6) is 0.290. The average Bonchev–Trinajstić information content (AvgIpc) is 3.10. The number of hydrogen-bond acceptors (Lipinski definition) is 1. The highest BCUT2D eigenvalue weighted by molar-refractivity contribution is 5.61. The predicted molar refractivity (Wildman–Crippen MR) is 93.6 cm³/mol. The van der Waals surface area contributed by atoms with Gasteiger partial charge in [-0.2, -0.15) is 13.2 Å². The largest absolute Gasteiger partial charge is 0.416 e. The summed E-state index contributed by atoms with van der Waals surface area (Å²) in [6, 6.07) is 12.7. The summed E-state index contributed by atoms with van der Waals surface area (Å²) in [6.45, 7) is 2.12. The fourth-order valence-corrected chi connectivity index (χ4v) is 4.06. The Morgan fingerprint density at radius 1 is 1.08 bits per heavy atom. The highest BCUT2D eigenvalue weighted by Gasteiger charge is 2.39. The maximum absolute atomic E-state index is 13.1. The molecule has 25 heavy (non-hydrogen) atoms. The minimum atomic E-state index is -4.31. The van der Waals surface area contributed by atoms with Crippen LogP contribution < -0.4 is 5.32 Å². The van der Waals surface area contributed by atoms with E-state index < -0.39 is 11.7 Å². The van der Waals surface area contributed by atoms with E-state index in [0.717, 1.165) is 24.1 Å². The van der Waals surface area contributed by atoms with E-state index in [0.29, 0.717) is 0 Å². The second kappa shape index (κ2) is 5.94. The molecule has 0 saturated heterocycles. The van der Waals surface area contributed by atoms with E-state index in [1.807, 2.05) is 0 Å². The van der Waals surface area contributed by atoms with Gasteiger partial charge in [-0.25, -0.2) is 0 Å². The molecular formula is C21H20F3N. The van der Waals surface area contributed by atoms with Gasteiger partial charge in [0.15, 0.2) is 0 Å². The summed E-state index contributed by atoms with van der Waals surface area (Å²) in [7, 11) is 0. The quantitative estimate of drug-likeness (QED) is 0.650. The van der Waals surface area contributed by atoms with Crippen LogP contribution in [0.3, 0.4) is 0 Å². The van der Waals surface area contributed by atoms with E-state index in [1.165, 1.54) is 23.3 Å². The first-order valence-corrected chi connectivity index (χ1v) is 8.70. The molecule has 1 aliphatic heterocycles. The van der Waals surface area contributed by atoms with Gasteiger partial charge in [-0.15, -0.1) is 0 Å². The van der Waals surface area contributed by atoms with Gasteiger partial charge in [0.1, 0.15) is 0 Å². The minimum absolute atomic E-state index is 0.0365. The van der Waals surface area contributed by atoms with Crippen molar-refractivity contribution < 1.29 is 13.2 Å². The number of nitrogens with one attached hydrogen (secondary N) is 1. The lowest BCUT2D eigenvalue weighted by Crippen LogP contribution is -2.29. The Hall–Kier alpha value is -2.23. The number of allylic oxidation sites excluding steroid dienone is 2. The lowest BCUT2D eigenvalue weighted by atomic mass is 9.76. The summed E-state index contributed by atoms with van der Waals surface area (Å²) >= 11 is 0. The molecule has 0 saturated carbocycles. The van der Waals surface area contributed by atoms with Gasteiger partial charge in [0.25, 0.3) is 0 Å². The van der Waals surface area contributed by atoms with Crippen molar-refractivity contribution in [3.05, 3.63) is 76.9 Å². The Kier molecular flexibility index (Phi) is 3.86. The van der Waals surface area contributed by atoms with Gasteiger partial charge in [0, 0.05) is 11.6 Å². The zero-order valence-corrected chi connectivity index (χ0v) is 14.0. The van der Waals surface area contributed by atoms with Gasteiger partial charge in [-0.1, -0.05) is 43.3 Å². The van der Waals surface area contributed by atoms with E-state index in [-0.39, 0.29) is 17.9 Å². The highest BCUT2D eigenvalue weighted by Crippen LogP contribution is 2.50. The Morgan fingerprint density at radius 2 is 1.84 bits per heavy atom. The number of fused-ring (bicyclic) bond motifs is 3. The Morgan fingerprint density at radius 3 is 2.52 bits per heavy atom. The average molecular weight is 343 g/mol. The number of rotatable bonds is 2. The molecule has 2 aromatic rings. The van der Waals surface area contributed by atoms with Gasteiger partial charge in [-0.3, -0.25) is 0 Å². The first-order valence-electron chi connectivity index (χ1n) is 8.70. The van der Waals surface area contributed by atoms with Crippen LogP contribution in [0, 0.1) is 5.92 Å². The molecule has 4 heteroatoms. The van der Waals surface area contributed by atoms with E-state index in [2.05, 4.69) is 48.7 Å². The molecule has 0 unspecified atom stereocenters. The molecule has 0 amide bonds. The normalized spacial score (nSPS) is 24.6. The van der Waals surface area contributed by atoms with Crippen molar-refractivity contribution in [3.8, 4) is 0 Å². The number of benzene rings is 2. The smallest absolute Gasteiger partial charge is 0.378 e. The topological polar surface area (TPSA) is 12.0 Å². The third kappa shape index (κ3) is 2.84. The molecule has 0 aromatic heterocycles. The minimum Gasteiger partial charge on any atom is -0.378 e. The molecule has 1 heterocycles. The molecule has 0 bridgehead atoms. The Balaban J connectivity index is 1.73. The number of halogens is 3. The number of aryl methyl sites for hydroxylation is 1. The van der Waals surface area contributed by atoms with Crippen LogP contribution >= 0.6 is 0 Å². The fourth-order valence-electron chi connectivity index (χ4n) is 4.06.